The average molecular weight is 642 g/mol. The Hall–Kier alpha value is -5.26. The van der Waals surface area contributed by atoms with E-state index in [1.54, 1.807) is 43.5 Å². The number of aliphatic imine (C=N–C) groups is 1. The van der Waals surface area contributed by atoms with Gasteiger partial charge in [-0.2, -0.15) is 0 Å². The molecular formula is C35H43N7O5. The van der Waals surface area contributed by atoms with E-state index in [4.69, 9.17) is 20.2 Å². The maximum Gasteiger partial charge on any atom is 0.308 e. The molecule has 0 aliphatic rings. The Morgan fingerprint density at radius 2 is 1.77 bits per heavy atom. The molecule has 0 aliphatic heterocycles. The number of anilines is 2. The number of ether oxygens (including phenoxy) is 2. The Balaban J connectivity index is 1.43. The minimum absolute atomic E-state index is 0.0529. The van der Waals surface area contributed by atoms with Crippen LogP contribution in [-0.2, 0) is 32.7 Å². The number of nitrogens with one attached hydrogen (secondary N) is 1. The van der Waals surface area contributed by atoms with E-state index in [-0.39, 0.29) is 42.6 Å². The SMILES string of the molecule is CCCOC(=O)CCN(C(=O)c1ccc2c(c1)nc(CNc1ccc(/C(N)=N\C(C)OC(=O)CC(C)C)cc1)n2C)c1ccccn1. The number of hydrogen-bond donors (Lipinski definition) is 2. The van der Waals surface area contributed by atoms with Crippen LogP contribution in [0.4, 0.5) is 11.5 Å². The summed E-state index contributed by atoms with van der Waals surface area (Å²) in [5.41, 5.74) is 9.69. The van der Waals surface area contributed by atoms with Gasteiger partial charge in [0.05, 0.1) is 30.6 Å². The second kappa shape index (κ2) is 16.3. The van der Waals surface area contributed by atoms with Crippen LogP contribution < -0.4 is 16.0 Å². The third-order valence-electron chi connectivity index (χ3n) is 7.23. The topological polar surface area (TPSA) is 154 Å². The number of benzene rings is 2. The average Bonchev–Trinajstić information content (AvgIpc) is 3.37. The number of amides is 1. The summed E-state index contributed by atoms with van der Waals surface area (Å²) in [5.74, 6) is 0.748. The number of pyridine rings is 1. The number of amidine groups is 1. The summed E-state index contributed by atoms with van der Waals surface area (Å²) in [7, 11) is 1.92. The highest BCUT2D eigenvalue weighted by molar-refractivity contribution is 6.07. The maximum absolute atomic E-state index is 13.7. The second-order valence-electron chi connectivity index (χ2n) is 11.5. The van der Waals surface area contributed by atoms with E-state index in [0.29, 0.717) is 42.0 Å². The Bertz CT molecular complexity index is 1700. The number of esters is 2. The number of aromatic nitrogens is 3. The van der Waals surface area contributed by atoms with Gasteiger partial charge in [0.1, 0.15) is 17.5 Å². The number of hydrogen-bond acceptors (Lipinski definition) is 9. The van der Waals surface area contributed by atoms with Crippen molar-refractivity contribution >= 4 is 46.2 Å². The minimum atomic E-state index is -0.681. The summed E-state index contributed by atoms with van der Waals surface area (Å²) in [6.45, 7) is 8.42. The van der Waals surface area contributed by atoms with Crippen LogP contribution in [-0.4, -0.2) is 57.6 Å². The van der Waals surface area contributed by atoms with Crippen molar-refractivity contribution in [3.05, 3.63) is 83.8 Å². The Morgan fingerprint density at radius 1 is 1.02 bits per heavy atom. The van der Waals surface area contributed by atoms with E-state index < -0.39 is 6.23 Å². The lowest BCUT2D eigenvalue weighted by Gasteiger charge is -2.21. The first-order chi connectivity index (χ1) is 22.5. The highest BCUT2D eigenvalue weighted by atomic mass is 16.6. The van der Waals surface area contributed by atoms with Gasteiger partial charge in [-0.3, -0.25) is 19.3 Å². The van der Waals surface area contributed by atoms with E-state index in [9.17, 15) is 14.4 Å². The van der Waals surface area contributed by atoms with Gasteiger partial charge in [-0.15, -0.1) is 0 Å². The predicted octanol–water partition coefficient (Wildman–Crippen LogP) is 5.21. The standard InChI is InChI=1S/C35H43N7O5/c1-6-19-46-32(43)16-18-42(30-9-7-8-17-37-30)35(45)26-12-15-29-28(21-26)40-31(41(29)5)22-38-27-13-10-25(11-14-27)34(36)39-24(4)47-33(44)20-23(2)3/h7-15,17,21,23-24,38H,6,16,18-20,22H2,1-5H3,(H2,36,39). The molecule has 2 heterocycles. The van der Waals surface area contributed by atoms with Crippen LogP contribution in [0.1, 0.15) is 68.7 Å². The first-order valence-corrected chi connectivity index (χ1v) is 15.8. The molecular weight excluding hydrogens is 598 g/mol. The molecule has 0 saturated heterocycles. The molecule has 1 unspecified atom stereocenters. The fourth-order valence-electron chi connectivity index (χ4n) is 4.83. The van der Waals surface area contributed by atoms with Crippen LogP contribution in [0.2, 0.25) is 0 Å². The van der Waals surface area contributed by atoms with E-state index in [0.717, 1.165) is 23.4 Å². The van der Waals surface area contributed by atoms with Crippen LogP contribution in [0.25, 0.3) is 11.0 Å². The summed E-state index contributed by atoms with van der Waals surface area (Å²) in [5, 5.41) is 3.37. The summed E-state index contributed by atoms with van der Waals surface area (Å²) in [4.78, 5) is 52.7. The predicted molar refractivity (Wildman–Crippen MR) is 182 cm³/mol. The summed E-state index contributed by atoms with van der Waals surface area (Å²) >= 11 is 0. The van der Waals surface area contributed by atoms with Crippen molar-refractivity contribution in [2.24, 2.45) is 23.7 Å². The second-order valence-corrected chi connectivity index (χ2v) is 11.5. The molecule has 1 amide bonds. The quantitative estimate of drug-likeness (QED) is 0.101. The molecule has 0 radical (unpaired) electrons. The lowest BCUT2D eigenvalue weighted by molar-refractivity contribution is -0.148. The highest BCUT2D eigenvalue weighted by Gasteiger charge is 2.21. The van der Waals surface area contributed by atoms with Crippen molar-refractivity contribution in [2.75, 3.05) is 23.4 Å². The number of rotatable bonds is 15. The zero-order valence-corrected chi connectivity index (χ0v) is 27.6. The summed E-state index contributed by atoms with van der Waals surface area (Å²) < 4.78 is 12.5. The fraction of sp³-hybridized carbons (Fsp3) is 0.371. The molecule has 0 bridgehead atoms. The van der Waals surface area contributed by atoms with Crippen LogP contribution in [0.15, 0.2) is 71.9 Å². The first kappa shape index (κ1) is 34.6. The highest BCUT2D eigenvalue weighted by Crippen LogP contribution is 2.21. The van der Waals surface area contributed by atoms with E-state index in [1.165, 1.54) is 4.90 Å². The molecule has 12 nitrogen and oxygen atoms in total. The molecule has 0 saturated carbocycles. The van der Waals surface area contributed by atoms with Gasteiger partial charge >= 0.3 is 11.9 Å². The molecule has 2 aromatic heterocycles. The van der Waals surface area contributed by atoms with Crippen LogP contribution >= 0.6 is 0 Å². The van der Waals surface area contributed by atoms with Crippen LogP contribution in [0.5, 0.6) is 0 Å². The van der Waals surface area contributed by atoms with Crippen molar-refractivity contribution in [1.82, 2.24) is 14.5 Å². The number of fused-ring (bicyclic) bond motifs is 1. The maximum atomic E-state index is 13.7. The number of aryl methyl sites for hydroxylation is 1. The third-order valence-corrected chi connectivity index (χ3v) is 7.23. The van der Waals surface area contributed by atoms with Gasteiger partial charge in [0.15, 0.2) is 6.23 Å². The Kier molecular flexibility index (Phi) is 12.0. The first-order valence-electron chi connectivity index (χ1n) is 15.8. The number of nitrogens with zero attached hydrogens (tertiary/aromatic N) is 5. The van der Waals surface area contributed by atoms with Gasteiger partial charge in [-0.05, 0) is 73.9 Å². The van der Waals surface area contributed by atoms with Crippen LogP contribution in [0.3, 0.4) is 0 Å². The summed E-state index contributed by atoms with van der Waals surface area (Å²) in [6, 6.07) is 18.1. The van der Waals surface area contributed by atoms with E-state index >= 15 is 0 Å². The van der Waals surface area contributed by atoms with Crippen molar-refractivity contribution in [1.29, 1.82) is 0 Å². The van der Waals surface area contributed by atoms with Crippen molar-refractivity contribution < 1.29 is 23.9 Å². The zero-order chi connectivity index (χ0) is 33.9. The number of imidazole rings is 1. The lowest BCUT2D eigenvalue weighted by atomic mass is 10.1. The smallest absolute Gasteiger partial charge is 0.308 e. The monoisotopic (exact) mass is 641 g/mol. The van der Waals surface area contributed by atoms with Gasteiger partial charge in [0, 0.05) is 43.0 Å². The molecule has 0 aliphatic carbocycles. The van der Waals surface area contributed by atoms with Gasteiger partial charge in [0.2, 0.25) is 0 Å². The fourth-order valence-corrected chi connectivity index (χ4v) is 4.83. The van der Waals surface area contributed by atoms with Gasteiger partial charge < -0.3 is 25.1 Å². The van der Waals surface area contributed by atoms with Gasteiger partial charge in [-0.1, -0.05) is 26.8 Å². The van der Waals surface area contributed by atoms with Crippen molar-refractivity contribution in [3.63, 3.8) is 0 Å². The number of carbonyl (C=O) groups is 3. The molecule has 1 atom stereocenters. The summed E-state index contributed by atoms with van der Waals surface area (Å²) in [6.07, 6.45) is 2.04. The Labute approximate surface area is 275 Å². The van der Waals surface area contributed by atoms with Crippen molar-refractivity contribution in [2.45, 2.75) is 59.7 Å². The molecule has 4 aromatic rings. The van der Waals surface area contributed by atoms with Gasteiger partial charge in [-0.25, -0.2) is 15.0 Å². The Morgan fingerprint density at radius 3 is 2.45 bits per heavy atom. The molecule has 12 heteroatoms. The van der Waals surface area contributed by atoms with Crippen LogP contribution in [0, 0.1) is 5.92 Å². The largest absolute Gasteiger partial charge is 0.466 e. The molecule has 0 fully saturated rings. The normalized spacial score (nSPS) is 12.2. The molecule has 248 valence electrons. The van der Waals surface area contributed by atoms with E-state index in [2.05, 4.69) is 15.3 Å². The molecule has 4 rings (SSSR count). The molecule has 47 heavy (non-hydrogen) atoms. The molecule has 2 aromatic carbocycles. The third kappa shape index (κ3) is 9.62. The zero-order valence-electron chi connectivity index (χ0n) is 27.6. The van der Waals surface area contributed by atoms with E-state index in [1.807, 2.05) is 62.7 Å². The minimum Gasteiger partial charge on any atom is -0.466 e. The van der Waals surface area contributed by atoms with Crippen molar-refractivity contribution in [3.8, 4) is 0 Å². The van der Waals surface area contributed by atoms with Gasteiger partial charge in [0.25, 0.3) is 5.91 Å². The number of carbonyl (C=O) groups excluding carboxylic acids is 3. The number of nitrogens with two attached hydrogens (primary N) is 1. The molecule has 0 spiro atoms. The molecule has 3 N–H and O–H groups in total. The lowest BCUT2D eigenvalue weighted by Crippen LogP contribution is -2.34.